The van der Waals surface area contributed by atoms with Crippen LogP contribution in [0.25, 0.3) is 0 Å². The van der Waals surface area contributed by atoms with Gasteiger partial charge in [0.2, 0.25) is 0 Å². The molecule has 0 amide bonds. The number of hydrogen-bond donors (Lipinski definition) is 2. The van der Waals surface area contributed by atoms with Crippen molar-refractivity contribution in [3.63, 3.8) is 0 Å². The van der Waals surface area contributed by atoms with Crippen LogP contribution >= 0.6 is 0 Å². The maximum atomic E-state index is 9.60. The number of rotatable bonds is 4. The van der Waals surface area contributed by atoms with Gasteiger partial charge >= 0.3 is 0 Å². The van der Waals surface area contributed by atoms with Crippen LogP contribution in [0.15, 0.2) is 24.3 Å². The molecule has 1 aromatic carbocycles. The van der Waals surface area contributed by atoms with E-state index < -0.39 is 0 Å². The van der Waals surface area contributed by atoms with E-state index >= 15 is 0 Å². The lowest BCUT2D eigenvalue weighted by Gasteiger charge is -2.09. The lowest BCUT2D eigenvalue weighted by atomic mass is 10.0. The maximum absolute atomic E-state index is 9.60. The van der Waals surface area contributed by atoms with Crippen LogP contribution in [0.2, 0.25) is 0 Å². The molecule has 0 fully saturated rings. The minimum atomic E-state index is -0.322. The van der Waals surface area contributed by atoms with Crippen molar-refractivity contribution in [3.8, 4) is 0 Å². The highest BCUT2D eigenvalue weighted by Crippen LogP contribution is 2.16. The third-order valence-electron chi connectivity index (χ3n) is 2.10. The van der Waals surface area contributed by atoms with Gasteiger partial charge in [0.25, 0.3) is 0 Å². The molecule has 0 saturated carbocycles. The number of hydrogen-bond acceptors (Lipinski definition) is 2. The molecular formula is C11H17NO. The van der Waals surface area contributed by atoms with Crippen molar-refractivity contribution in [1.82, 2.24) is 5.32 Å². The number of aliphatic hydroxyl groups is 1. The second-order valence-corrected chi connectivity index (χ2v) is 3.20. The Balaban J connectivity index is 2.78. The Morgan fingerprint density at radius 2 is 2.23 bits per heavy atom. The second-order valence-electron chi connectivity index (χ2n) is 3.20. The van der Waals surface area contributed by atoms with E-state index in [4.69, 9.17) is 0 Å². The van der Waals surface area contributed by atoms with Crippen LogP contribution in [0.5, 0.6) is 0 Å². The summed E-state index contributed by atoms with van der Waals surface area (Å²) in [7, 11) is 1.92. The van der Waals surface area contributed by atoms with Crippen molar-refractivity contribution >= 4 is 0 Å². The molecule has 2 heteroatoms. The third-order valence-corrected chi connectivity index (χ3v) is 2.10. The van der Waals surface area contributed by atoms with Crippen molar-refractivity contribution in [2.24, 2.45) is 0 Å². The molecule has 0 saturated heterocycles. The predicted molar refractivity (Wildman–Crippen MR) is 54.5 cm³/mol. The van der Waals surface area contributed by atoms with Crippen LogP contribution in [0.3, 0.4) is 0 Å². The van der Waals surface area contributed by atoms with Gasteiger partial charge in [-0.1, -0.05) is 31.2 Å². The predicted octanol–water partition coefficient (Wildman–Crippen LogP) is 1.85. The molecule has 72 valence electrons. The molecule has 0 radical (unpaired) electrons. The summed E-state index contributed by atoms with van der Waals surface area (Å²) in [5.74, 6) is 0. The number of benzene rings is 1. The first-order valence-electron chi connectivity index (χ1n) is 4.69. The molecule has 0 bridgehead atoms. The van der Waals surface area contributed by atoms with Crippen LogP contribution in [0, 0.1) is 0 Å². The van der Waals surface area contributed by atoms with Gasteiger partial charge in [0.1, 0.15) is 0 Å². The highest BCUT2D eigenvalue weighted by molar-refractivity contribution is 5.24. The van der Waals surface area contributed by atoms with E-state index in [0.717, 1.165) is 18.5 Å². The summed E-state index contributed by atoms with van der Waals surface area (Å²) in [5, 5.41) is 12.7. The zero-order chi connectivity index (χ0) is 9.68. The first kappa shape index (κ1) is 10.2. The topological polar surface area (TPSA) is 32.3 Å². The minimum Gasteiger partial charge on any atom is -0.388 e. The molecule has 0 heterocycles. The van der Waals surface area contributed by atoms with E-state index in [2.05, 4.69) is 11.4 Å². The van der Waals surface area contributed by atoms with Crippen molar-refractivity contribution in [2.45, 2.75) is 26.0 Å². The van der Waals surface area contributed by atoms with Crippen LogP contribution in [0.1, 0.15) is 30.6 Å². The molecule has 1 unspecified atom stereocenters. The summed E-state index contributed by atoms with van der Waals surface area (Å²) in [6.07, 6.45) is 0.444. The first-order chi connectivity index (χ1) is 6.27. The average Bonchev–Trinajstić information content (AvgIpc) is 2.18. The fraction of sp³-hybridized carbons (Fsp3) is 0.455. The van der Waals surface area contributed by atoms with Crippen LogP contribution < -0.4 is 5.32 Å². The van der Waals surface area contributed by atoms with Crippen molar-refractivity contribution in [3.05, 3.63) is 35.4 Å². The number of nitrogens with one attached hydrogen (secondary N) is 1. The second kappa shape index (κ2) is 5.00. The zero-order valence-electron chi connectivity index (χ0n) is 8.25. The van der Waals surface area contributed by atoms with Crippen LogP contribution in [0.4, 0.5) is 0 Å². The quantitative estimate of drug-likeness (QED) is 0.739. The van der Waals surface area contributed by atoms with E-state index in [9.17, 15) is 5.11 Å². The molecule has 2 nitrogen and oxygen atoms in total. The average molecular weight is 179 g/mol. The summed E-state index contributed by atoms with van der Waals surface area (Å²) < 4.78 is 0. The molecule has 1 rings (SSSR count). The van der Waals surface area contributed by atoms with Gasteiger partial charge in [0.15, 0.2) is 0 Å². The Morgan fingerprint density at radius 1 is 1.46 bits per heavy atom. The lowest BCUT2D eigenvalue weighted by molar-refractivity contribution is 0.173. The Morgan fingerprint density at radius 3 is 2.85 bits per heavy atom. The fourth-order valence-electron chi connectivity index (χ4n) is 1.35. The summed E-state index contributed by atoms with van der Waals surface area (Å²) in [6.45, 7) is 2.83. The molecule has 0 aromatic heterocycles. The molecular weight excluding hydrogens is 162 g/mol. The maximum Gasteiger partial charge on any atom is 0.0787 e. The van der Waals surface area contributed by atoms with E-state index in [-0.39, 0.29) is 6.10 Å². The molecule has 1 aromatic rings. The van der Waals surface area contributed by atoms with Crippen molar-refractivity contribution in [2.75, 3.05) is 7.05 Å². The molecule has 2 N–H and O–H groups in total. The Labute approximate surface area is 79.6 Å². The third kappa shape index (κ3) is 2.83. The van der Waals surface area contributed by atoms with E-state index in [1.54, 1.807) is 0 Å². The van der Waals surface area contributed by atoms with Gasteiger partial charge in [0.05, 0.1) is 6.10 Å². The van der Waals surface area contributed by atoms with Gasteiger partial charge in [0, 0.05) is 6.54 Å². The van der Waals surface area contributed by atoms with Gasteiger partial charge < -0.3 is 10.4 Å². The molecule has 13 heavy (non-hydrogen) atoms. The standard InChI is InChI=1S/C11H17NO/c1-3-11(13)10-6-4-5-9(7-10)8-12-2/h4-7,11-13H,3,8H2,1-2H3. The molecule has 1 atom stereocenters. The minimum absolute atomic E-state index is 0.322. The van der Waals surface area contributed by atoms with Gasteiger partial charge in [-0.15, -0.1) is 0 Å². The van der Waals surface area contributed by atoms with E-state index in [1.165, 1.54) is 5.56 Å². The highest BCUT2D eigenvalue weighted by atomic mass is 16.3. The first-order valence-corrected chi connectivity index (χ1v) is 4.69. The van der Waals surface area contributed by atoms with Gasteiger partial charge in [-0.3, -0.25) is 0 Å². The monoisotopic (exact) mass is 179 g/mol. The highest BCUT2D eigenvalue weighted by Gasteiger charge is 2.04. The normalized spacial score (nSPS) is 12.8. The van der Waals surface area contributed by atoms with Crippen LogP contribution in [-0.4, -0.2) is 12.2 Å². The van der Waals surface area contributed by atoms with Crippen LogP contribution in [-0.2, 0) is 6.54 Å². The van der Waals surface area contributed by atoms with Gasteiger partial charge in [-0.25, -0.2) is 0 Å². The molecule has 0 aliphatic rings. The SMILES string of the molecule is CCC(O)c1cccc(CNC)c1. The largest absolute Gasteiger partial charge is 0.388 e. The Bertz CT molecular complexity index is 260. The summed E-state index contributed by atoms with van der Waals surface area (Å²) in [6, 6.07) is 8.06. The van der Waals surface area contributed by atoms with E-state index in [0.29, 0.717) is 0 Å². The zero-order valence-corrected chi connectivity index (χ0v) is 8.25. The van der Waals surface area contributed by atoms with Gasteiger partial charge in [-0.05, 0) is 24.6 Å². The smallest absolute Gasteiger partial charge is 0.0787 e. The summed E-state index contributed by atoms with van der Waals surface area (Å²) in [5.41, 5.74) is 2.22. The lowest BCUT2D eigenvalue weighted by Crippen LogP contribution is -2.05. The van der Waals surface area contributed by atoms with E-state index in [1.807, 2.05) is 32.2 Å². The van der Waals surface area contributed by atoms with Gasteiger partial charge in [-0.2, -0.15) is 0 Å². The fourth-order valence-corrected chi connectivity index (χ4v) is 1.35. The summed E-state index contributed by atoms with van der Waals surface area (Å²) in [4.78, 5) is 0. The van der Waals surface area contributed by atoms with Crippen molar-refractivity contribution < 1.29 is 5.11 Å². The molecule has 0 aliphatic carbocycles. The number of aliphatic hydroxyl groups excluding tert-OH is 1. The Kier molecular flexibility index (Phi) is 3.93. The van der Waals surface area contributed by atoms with Crippen molar-refractivity contribution in [1.29, 1.82) is 0 Å². The Hall–Kier alpha value is -0.860. The molecule has 0 spiro atoms. The summed E-state index contributed by atoms with van der Waals surface area (Å²) >= 11 is 0. The molecule has 0 aliphatic heterocycles.